The third-order valence-corrected chi connectivity index (χ3v) is 4.22. The highest BCUT2D eigenvalue weighted by Crippen LogP contribution is 2.15. The molecule has 1 aromatic carbocycles. The summed E-state index contributed by atoms with van der Waals surface area (Å²) in [5.74, 6) is -1.38. The van der Waals surface area contributed by atoms with E-state index in [9.17, 15) is 13.2 Å². The van der Waals surface area contributed by atoms with E-state index in [4.69, 9.17) is 5.11 Å². The summed E-state index contributed by atoms with van der Waals surface area (Å²) < 4.78 is 26.2. The molecule has 0 amide bonds. The van der Waals surface area contributed by atoms with Crippen molar-refractivity contribution in [2.45, 2.75) is 12.2 Å². The minimum absolute atomic E-state index is 0.361. The molecule has 1 unspecified atom stereocenters. The molecule has 1 aromatic rings. The minimum atomic E-state index is -3.88. The summed E-state index contributed by atoms with van der Waals surface area (Å²) in [7, 11) is -3.88. The van der Waals surface area contributed by atoms with E-state index >= 15 is 0 Å². The first-order valence-electron chi connectivity index (χ1n) is 4.33. The number of nitrogens with one attached hydrogen (secondary N) is 1. The van der Waals surface area contributed by atoms with Gasteiger partial charge >= 0.3 is 5.97 Å². The molecular weight excluding hydrogens is 345 g/mol. The molecule has 0 spiro atoms. The van der Waals surface area contributed by atoms with Gasteiger partial charge in [0.2, 0.25) is 10.0 Å². The Labute approximate surface area is 107 Å². The summed E-state index contributed by atoms with van der Waals surface area (Å²) in [4.78, 5) is 10.6. The maximum Gasteiger partial charge on any atom is 0.323 e. The van der Waals surface area contributed by atoms with E-state index in [0.29, 0.717) is 5.69 Å². The van der Waals surface area contributed by atoms with Crippen LogP contribution in [0.25, 0.3) is 0 Å². The van der Waals surface area contributed by atoms with Gasteiger partial charge in [0.05, 0.1) is 0 Å². The largest absolute Gasteiger partial charge is 0.480 e. The first kappa shape index (κ1) is 13.2. The van der Waals surface area contributed by atoms with E-state index in [1.54, 1.807) is 24.3 Å². The van der Waals surface area contributed by atoms with Gasteiger partial charge in [0.25, 0.3) is 0 Å². The Morgan fingerprint density at radius 3 is 2.62 bits per heavy atom. The highest BCUT2D eigenvalue weighted by atomic mass is 127. The molecule has 0 aliphatic heterocycles. The van der Waals surface area contributed by atoms with Crippen molar-refractivity contribution in [2.24, 2.45) is 0 Å². The van der Waals surface area contributed by atoms with Gasteiger partial charge in [0.1, 0.15) is 0 Å². The fraction of sp³-hybridized carbons (Fsp3) is 0.222. The lowest BCUT2D eigenvalue weighted by atomic mass is 10.3. The molecule has 0 saturated heterocycles. The number of hydrogen-bond donors (Lipinski definition) is 2. The topological polar surface area (TPSA) is 83.5 Å². The van der Waals surface area contributed by atoms with Crippen molar-refractivity contribution in [3.8, 4) is 0 Å². The molecular formula is C9H10INO4S. The monoisotopic (exact) mass is 355 g/mol. The highest BCUT2D eigenvalue weighted by Gasteiger charge is 2.27. The molecule has 16 heavy (non-hydrogen) atoms. The van der Waals surface area contributed by atoms with Gasteiger partial charge in [-0.05, 0) is 47.7 Å². The number of rotatable bonds is 4. The third-order valence-electron chi connectivity index (χ3n) is 1.90. The third kappa shape index (κ3) is 3.34. The number of halogens is 1. The number of carboxylic acids is 1. The molecule has 1 rings (SSSR count). The molecule has 1 atom stereocenters. The fourth-order valence-corrected chi connectivity index (χ4v) is 2.38. The van der Waals surface area contributed by atoms with E-state index in [-0.39, 0.29) is 0 Å². The van der Waals surface area contributed by atoms with E-state index in [1.807, 2.05) is 22.6 Å². The Morgan fingerprint density at radius 1 is 1.50 bits per heavy atom. The highest BCUT2D eigenvalue weighted by molar-refractivity contribution is 14.1. The quantitative estimate of drug-likeness (QED) is 0.802. The second-order valence-corrected chi connectivity index (χ2v) is 6.38. The zero-order valence-electron chi connectivity index (χ0n) is 8.34. The standard InChI is InChI=1S/C9H10INO4S/c1-6(9(12)13)16(14,15)11-8-4-2-3-7(10)5-8/h2-6,11H,1H3,(H,12,13). The SMILES string of the molecule is CC(C(=O)O)S(=O)(=O)Nc1cccc(I)c1. The Balaban J connectivity index is 2.93. The number of sulfonamides is 1. The molecule has 88 valence electrons. The number of carboxylic acid groups (broad SMARTS) is 1. The molecule has 7 heteroatoms. The van der Waals surface area contributed by atoms with Gasteiger partial charge < -0.3 is 5.11 Å². The molecule has 2 N–H and O–H groups in total. The molecule has 0 heterocycles. The van der Waals surface area contributed by atoms with Gasteiger partial charge in [-0.25, -0.2) is 8.42 Å². The van der Waals surface area contributed by atoms with Crippen LogP contribution >= 0.6 is 22.6 Å². The van der Waals surface area contributed by atoms with Crippen LogP contribution in [0.4, 0.5) is 5.69 Å². The predicted molar refractivity (Wildman–Crippen MR) is 68.8 cm³/mol. The Morgan fingerprint density at radius 2 is 2.12 bits per heavy atom. The number of hydrogen-bond acceptors (Lipinski definition) is 3. The molecule has 0 aromatic heterocycles. The van der Waals surface area contributed by atoms with Crippen molar-refractivity contribution in [3.63, 3.8) is 0 Å². The zero-order valence-corrected chi connectivity index (χ0v) is 11.3. The first-order chi connectivity index (χ1) is 7.33. The maximum atomic E-state index is 11.6. The van der Waals surface area contributed by atoms with Gasteiger partial charge in [-0.1, -0.05) is 6.07 Å². The average molecular weight is 355 g/mol. The second-order valence-electron chi connectivity index (χ2n) is 3.14. The van der Waals surface area contributed by atoms with Gasteiger partial charge in [-0.3, -0.25) is 9.52 Å². The molecule has 0 bridgehead atoms. The van der Waals surface area contributed by atoms with E-state index in [0.717, 1.165) is 10.5 Å². The summed E-state index contributed by atoms with van der Waals surface area (Å²) in [6.07, 6.45) is 0. The minimum Gasteiger partial charge on any atom is -0.480 e. The summed E-state index contributed by atoms with van der Waals surface area (Å²) >= 11 is 2.04. The molecule has 0 radical (unpaired) electrons. The van der Waals surface area contributed by atoms with E-state index < -0.39 is 21.2 Å². The number of anilines is 1. The van der Waals surface area contributed by atoms with Crippen molar-refractivity contribution in [1.82, 2.24) is 0 Å². The van der Waals surface area contributed by atoms with Crippen LogP contribution < -0.4 is 4.72 Å². The fourth-order valence-electron chi connectivity index (χ4n) is 0.937. The van der Waals surface area contributed by atoms with Crippen molar-refractivity contribution in [1.29, 1.82) is 0 Å². The van der Waals surface area contributed by atoms with Crippen LogP contribution in [0, 0.1) is 3.57 Å². The summed E-state index contributed by atoms with van der Waals surface area (Å²) in [5, 5.41) is 7.15. The number of aliphatic carboxylic acids is 1. The molecule has 0 aliphatic rings. The molecule has 0 saturated carbocycles. The van der Waals surface area contributed by atoms with Crippen LogP contribution in [0.15, 0.2) is 24.3 Å². The van der Waals surface area contributed by atoms with Crippen molar-refractivity contribution in [2.75, 3.05) is 4.72 Å². The summed E-state index contributed by atoms with van der Waals surface area (Å²) in [6.45, 7) is 1.12. The van der Waals surface area contributed by atoms with Gasteiger partial charge in [0.15, 0.2) is 5.25 Å². The van der Waals surface area contributed by atoms with Crippen molar-refractivity contribution >= 4 is 44.3 Å². The van der Waals surface area contributed by atoms with Crippen LogP contribution in [-0.4, -0.2) is 24.7 Å². The van der Waals surface area contributed by atoms with Crippen LogP contribution in [0.3, 0.4) is 0 Å². The zero-order chi connectivity index (χ0) is 12.3. The van der Waals surface area contributed by atoms with E-state index in [2.05, 4.69) is 4.72 Å². The first-order valence-corrected chi connectivity index (χ1v) is 6.95. The average Bonchev–Trinajstić information content (AvgIpc) is 2.15. The second kappa shape index (κ2) is 5.00. The van der Waals surface area contributed by atoms with Gasteiger partial charge in [-0.15, -0.1) is 0 Å². The van der Waals surface area contributed by atoms with Crippen LogP contribution in [0.2, 0.25) is 0 Å². The van der Waals surface area contributed by atoms with Crippen LogP contribution in [-0.2, 0) is 14.8 Å². The van der Waals surface area contributed by atoms with Crippen molar-refractivity contribution < 1.29 is 18.3 Å². The smallest absolute Gasteiger partial charge is 0.323 e. The molecule has 0 aliphatic carbocycles. The van der Waals surface area contributed by atoms with E-state index in [1.165, 1.54) is 0 Å². The predicted octanol–water partition coefficient (Wildman–Crippen LogP) is 1.51. The number of carbonyl (C=O) groups is 1. The van der Waals surface area contributed by atoms with Gasteiger partial charge in [-0.2, -0.15) is 0 Å². The Kier molecular flexibility index (Phi) is 4.14. The molecule has 5 nitrogen and oxygen atoms in total. The lowest BCUT2D eigenvalue weighted by Gasteiger charge is -2.11. The lowest BCUT2D eigenvalue weighted by Crippen LogP contribution is -2.32. The van der Waals surface area contributed by atoms with Gasteiger partial charge in [0, 0.05) is 9.26 Å². The summed E-state index contributed by atoms with van der Waals surface area (Å²) in [6, 6.07) is 6.67. The Bertz CT molecular complexity index is 500. The molecule has 0 fully saturated rings. The number of benzene rings is 1. The Hall–Kier alpha value is -0.830. The lowest BCUT2D eigenvalue weighted by molar-refractivity contribution is -0.136. The van der Waals surface area contributed by atoms with Crippen LogP contribution in [0.1, 0.15) is 6.92 Å². The van der Waals surface area contributed by atoms with Crippen LogP contribution in [0.5, 0.6) is 0 Å². The maximum absolute atomic E-state index is 11.6. The summed E-state index contributed by atoms with van der Waals surface area (Å²) in [5.41, 5.74) is 0.361. The van der Waals surface area contributed by atoms with Crippen molar-refractivity contribution in [3.05, 3.63) is 27.8 Å². The normalized spacial score (nSPS) is 13.1.